The normalized spacial score (nSPS) is 10.9. The molecule has 8 aromatic rings. The van der Waals surface area contributed by atoms with Crippen LogP contribution < -0.4 is 16.1 Å². The number of carboxylic acid groups (broad SMARTS) is 1. The Morgan fingerprint density at radius 3 is 1.72 bits per heavy atom. The summed E-state index contributed by atoms with van der Waals surface area (Å²) < 4.78 is 8.19. The summed E-state index contributed by atoms with van der Waals surface area (Å²) in [5.41, 5.74) is 5.25. The third-order valence-corrected chi connectivity index (χ3v) is 8.50. The molecule has 0 bridgehead atoms. The molecule has 268 valence electrons. The number of hydrogen-bond acceptors (Lipinski definition) is 10. The molecule has 0 fully saturated rings. The van der Waals surface area contributed by atoms with Crippen LogP contribution >= 0.6 is 0 Å². The molecule has 0 aliphatic carbocycles. The van der Waals surface area contributed by atoms with Crippen molar-refractivity contribution in [3.8, 4) is 34.0 Å². The molecule has 0 aliphatic heterocycles. The summed E-state index contributed by atoms with van der Waals surface area (Å²) in [6, 6.07) is 28.5. The van der Waals surface area contributed by atoms with E-state index in [1.54, 1.807) is 35.0 Å². The highest BCUT2D eigenvalue weighted by atomic mass is 16.5. The van der Waals surface area contributed by atoms with Gasteiger partial charge in [0.15, 0.2) is 28.9 Å². The molecule has 4 N–H and O–H groups in total. The summed E-state index contributed by atoms with van der Waals surface area (Å²) in [6.07, 6.45) is 3.75. The van der Waals surface area contributed by atoms with E-state index in [2.05, 4.69) is 29.9 Å². The van der Waals surface area contributed by atoms with Gasteiger partial charge in [-0.1, -0.05) is 60.7 Å². The van der Waals surface area contributed by atoms with Gasteiger partial charge in [-0.2, -0.15) is 0 Å². The Balaban J connectivity index is 0.000000167. The number of aldehydes is 1. The number of ether oxygens (including phenoxy) is 1. The zero-order chi connectivity index (χ0) is 37.8. The number of phenols is 1. The number of aromatic amines is 2. The number of carbonyl (C=O) groups excluding carboxylic acids is 1. The standard InChI is InChI=1S/C20H16N4O3.C19H14N4O4/c1-27-17-8-7-14(9-15(17)12-25)16-10-21-18-19(22-16)24(20(26)23-18)11-13-5-3-2-4-6-13;24-15-7-6-12(8-13(15)18(25)26)14-9-20-16-17(21-14)23(19(27)22-16)10-11-4-2-1-3-5-11/h2-10,12H,11H2,1H3,(H,21,23,26);1-9,24H,10H2,(H,25,26)(H,20,22,27). The van der Waals surface area contributed by atoms with Gasteiger partial charge in [-0.3, -0.25) is 23.9 Å². The maximum atomic E-state index is 12.3. The summed E-state index contributed by atoms with van der Waals surface area (Å²) >= 11 is 0. The molecule has 0 radical (unpaired) electrons. The second-order valence-electron chi connectivity index (χ2n) is 12.0. The third-order valence-electron chi connectivity index (χ3n) is 8.50. The van der Waals surface area contributed by atoms with E-state index in [-0.39, 0.29) is 22.7 Å². The molecule has 0 aliphatic rings. The number of nitrogens with one attached hydrogen (secondary N) is 2. The first kappa shape index (κ1) is 34.8. The number of fused-ring (bicyclic) bond motifs is 2. The van der Waals surface area contributed by atoms with E-state index < -0.39 is 5.97 Å². The molecule has 0 amide bonds. The average molecular weight is 723 g/mol. The Labute approximate surface area is 304 Å². The van der Waals surface area contributed by atoms with Crippen molar-refractivity contribution in [2.75, 3.05) is 7.11 Å². The molecular weight excluding hydrogens is 692 g/mol. The largest absolute Gasteiger partial charge is 0.507 e. The van der Waals surface area contributed by atoms with Gasteiger partial charge in [-0.25, -0.2) is 34.3 Å². The minimum Gasteiger partial charge on any atom is -0.507 e. The Kier molecular flexibility index (Phi) is 9.58. The quantitative estimate of drug-likeness (QED) is 0.147. The predicted molar refractivity (Wildman–Crippen MR) is 199 cm³/mol. The van der Waals surface area contributed by atoms with Crippen LogP contribution in [0, 0.1) is 0 Å². The number of hydrogen-bond donors (Lipinski definition) is 4. The number of methoxy groups -OCH3 is 1. The van der Waals surface area contributed by atoms with Gasteiger partial charge in [0, 0.05) is 11.1 Å². The minimum absolute atomic E-state index is 0.231. The van der Waals surface area contributed by atoms with Crippen molar-refractivity contribution >= 4 is 34.8 Å². The number of aromatic nitrogens is 8. The van der Waals surface area contributed by atoms with E-state index >= 15 is 0 Å². The number of aromatic hydroxyl groups is 1. The van der Waals surface area contributed by atoms with Crippen LogP contribution in [0.1, 0.15) is 31.8 Å². The predicted octanol–water partition coefficient (Wildman–Crippen LogP) is 4.89. The number of aromatic carboxylic acids is 1. The molecule has 0 saturated carbocycles. The van der Waals surface area contributed by atoms with Crippen molar-refractivity contribution in [1.29, 1.82) is 0 Å². The molecule has 4 aromatic carbocycles. The summed E-state index contributed by atoms with van der Waals surface area (Å²) in [4.78, 5) is 70.2. The average Bonchev–Trinajstić information content (AvgIpc) is 3.68. The highest BCUT2D eigenvalue weighted by Crippen LogP contribution is 2.27. The van der Waals surface area contributed by atoms with E-state index in [9.17, 15) is 29.4 Å². The zero-order valence-electron chi connectivity index (χ0n) is 28.5. The fourth-order valence-electron chi connectivity index (χ4n) is 5.80. The van der Waals surface area contributed by atoms with Crippen LogP contribution in [-0.2, 0) is 13.1 Å². The van der Waals surface area contributed by atoms with Gasteiger partial charge >= 0.3 is 17.3 Å². The number of H-pyrrole nitrogens is 2. The molecule has 15 heteroatoms. The monoisotopic (exact) mass is 722 g/mol. The van der Waals surface area contributed by atoms with Crippen molar-refractivity contribution in [3.05, 3.63) is 153 Å². The number of benzene rings is 4. The van der Waals surface area contributed by atoms with Gasteiger partial charge in [-0.15, -0.1) is 0 Å². The molecule has 15 nitrogen and oxygen atoms in total. The van der Waals surface area contributed by atoms with Crippen LogP contribution in [-0.4, -0.2) is 68.6 Å². The number of rotatable bonds is 9. The SMILES string of the molecule is COc1ccc(-c2cnc3[nH]c(=O)n(Cc4ccccc4)c3n2)cc1C=O.O=C(O)c1cc(-c2cnc3[nH]c(=O)n(Cc4ccccc4)c3n2)ccc1O. The molecule has 8 rings (SSSR count). The summed E-state index contributed by atoms with van der Waals surface area (Å²) in [5.74, 6) is -1.08. The molecule has 0 saturated heterocycles. The fraction of sp³-hybridized carbons (Fsp3) is 0.0769. The fourth-order valence-corrected chi connectivity index (χ4v) is 5.80. The number of carbonyl (C=O) groups is 2. The smallest absolute Gasteiger partial charge is 0.339 e. The topological polar surface area (TPSA) is 211 Å². The molecular formula is C39H30N8O7. The minimum atomic E-state index is -1.24. The Morgan fingerprint density at radius 2 is 1.24 bits per heavy atom. The molecule has 4 heterocycles. The Hall–Kier alpha value is -7.68. The van der Waals surface area contributed by atoms with Crippen molar-refractivity contribution in [1.82, 2.24) is 39.0 Å². The summed E-state index contributed by atoms with van der Waals surface area (Å²) in [5, 5.41) is 18.8. The summed E-state index contributed by atoms with van der Waals surface area (Å²) in [6.45, 7) is 0.716. The highest BCUT2D eigenvalue weighted by molar-refractivity contribution is 5.92. The van der Waals surface area contributed by atoms with Gasteiger partial charge in [-0.05, 0) is 47.5 Å². The van der Waals surface area contributed by atoms with Crippen molar-refractivity contribution in [3.63, 3.8) is 0 Å². The Morgan fingerprint density at radius 1 is 0.741 bits per heavy atom. The maximum absolute atomic E-state index is 12.3. The lowest BCUT2D eigenvalue weighted by Gasteiger charge is -2.07. The van der Waals surface area contributed by atoms with E-state index in [1.807, 2.05) is 60.7 Å². The first-order valence-electron chi connectivity index (χ1n) is 16.4. The van der Waals surface area contributed by atoms with Gasteiger partial charge in [0.2, 0.25) is 0 Å². The lowest BCUT2D eigenvalue weighted by molar-refractivity contribution is 0.0693. The first-order valence-corrected chi connectivity index (χ1v) is 16.4. The van der Waals surface area contributed by atoms with Gasteiger partial charge in [0.05, 0.1) is 49.5 Å². The molecule has 0 unspecified atom stereocenters. The molecule has 4 aromatic heterocycles. The van der Waals surface area contributed by atoms with Gasteiger partial charge < -0.3 is 14.9 Å². The van der Waals surface area contributed by atoms with Crippen LogP contribution in [0.4, 0.5) is 0 Å². The molecule has 0 atom stereocenters. The van der Waals surface area contributed by atoms with Crippen LogP contribution in [0.15, 0.2) is 119 Å². The van der Waals surface area contributed by atoms with E-state index in [4.69, 9.17) is 4.74 Å². The number of nitrogens with zero attached hydrogens (tertiary/aromatic N) is 6. The van der Waals surface area contributed by atoms with Crippen LogP contribution in [0.2, 0.25) is 0 Å². The van der Waals surface area contributed by atoms with Crippen molar-refractivity contribution in [2.24, 2.45) is 0 Å². The van der Waals surface area contributed by atoms with Crippen LogP contribution in [0.5, 0.6) is 11.5 Å². The van der Waals surface area contributed by atoms with E-state index in [1.165, 1.54) is 30.0 Å². The van der Waals surface area contributed by atoms with Crippen molar-refractivity contribution < 1.29 is 24.5 Å². The number of carboxylic acids is 1. The highest BCUT2D eigenvalue weighted by Gasteiger charge is 2.16. The third kappa shape index (κ3) is 7.09. The second kappa shape index (κ2) is 14.9. The first-order chi connectivity index (χ1) is 26.2. The van der Waals surface area contributed by atoms with Gasteiger partial charge in [0.25, 0.3) is 0 Å². The van der Waals surface area contributed by atoms with Crippen LogP contribution in [0.25, 0.3) is 45.1 Å². The molecule has 0 spiro atoms. The zero-order valence-corrected chi connectivity index (χ0v) is 28.5. The van der Waals surface area contributed by atoms with Crippen LogP contribution in [0.3, 0.4) is 0 Å². The second-order valence-corrected chi connectivity index (χ2v) is 12.0. The number of imidazole rings is 2. The Bertz CT molecular complexity index is 2770. The lowest BCUT2D eigenvalue weighted by atomic mass is 10.1. The lowest BCUT2D eigenvalue weighted by Crippen LogP contribution is -2.17. The summed E-state index contributed by atoms with van der Waals surface area (Å²) in [7, 11) is 1.51. The van der Waals surface area contributed by atoms with E-state index in [0.29, 0.717) is 69.5 Å². The maximum Gasteiger partial charge on any atom is 0.339 e. The van der Waals surface area contributed by atoms with Crippen molar-refractivity contribution in [2.45, 2.75) is 13.1 Å². The molecule has 54 heavy (non-hydrogen) atoms. The van der Waals surface area contributed by atoms with E-state index in [0.717, 1.165) is 17.4 Å². The van der Waals surface area contributed by atoms with Gasteiger partial charge in [0.1, 0.15) is 17.1 Å².